The highest BCUT2D eigenvalue weighted by molar-refractivity contribution is 6.00. The lowest BCUT2D eigenvalue weighted by Crippen LogP contribution is -2.41. The molecular formula is C14H14N2O2. The van der Waals surface area contributed by atoms with Crippen molar-refractivity contribution in [2.45, 2.75) is 25.8 Å². The maximum atomic E-state index is 11.9. The molecule has 1 atom stereocenters. The van der Waals surface area contributed by atoms with Gasteiger partial charge >= 0.3 is 0 Å². The van der Waals surface area contributed by atoms with Crippen LogP contribution in [0.15, 0.2) is 30.5 Å². The Labute approximate surface area is 105 Å². The molecule has 3 rings (SSSR count). The maximum absolute atomic E-state index is 11.9. The minimum absolute atomic E-state index is 0.177. The molecule has 1 aliphatic rings. The number of amides is 2. The Morgan fingerprint density at radius 3 is 2.89 bits per heavy atom. The van der Waals surface area contributed by atoms with Crippen molar-refractivity contribution in [2.24, 2.45) is 0 Å². The molecule has 2 heterocycles. The molecule has 0 bridgehead atoms. The lowest BCUT2D eigenvalue weighted by Gasteiger charge is -2.23. The minimum Gasteiger partial charge on any atom is -0.335 e. The molecule has 1 saturated heterocycles. The summed E-state index contributed by atoms with van der Waals surface area (Å²) < 4.78 is 1.95. The zero-order valence-electron chi connectivity index (χ0n) is 10.1. The van der Waals surface area contributed by atoms with Gasteiger partial charge in [0.15, 0.2) is 0 Å². The number of nitrogens with zero attached hydrogens (tertiary/aromatic N) is 1. The smallest absolute Gasteiger partial charge is 0.249 e. The summed E-state index contributed by atoms with van der Waals surface area (Å²) in [7, 11) is 0. The molecule has 0 spiro atoms. The van der Waals surface area contributed by atoms with Gasteiger partial charge in [0.05, 0.1) is 0 Å². The van der Waals surface area contributed by atoms with E-state index in [-0.39, 0.29) is 17.9 Å². The standard InChI is InChI=1S/C14H14N2O2/c1-9-2-3-11-10(8-9)6-7-16(11)12-4-5-13(17)15-14(12)18/h2-3,6-8,12H,4-5H2,1H3,(H,15,17,18). The molecule has 1 aliphatic heterocycles. The van der Waals surface area contributed by atoms with E-state index >= 15 is 0 Å². The number of fused-ring (bicyclic) bond motifs is 1. The number of piperidine rings is 1. The number of aryl methyl sites for hydroxylation is 1. The number of imide groups is 1. The van der Waals surface area contributed by atoms with E-state index in [1.165, 1.54) is 5.56 Å². The molecule has 0 saturated carbocycles. The Bertz CT molecular complexity index is 642. The van der Waals surface area contributed by atoms with Crippen LogP contribution in [0.2, 0.25) is 0 Å². The van der Waals surface area contributed by atoms with Crippen molar-refractivity contribution in [1.82, 2.24) is 9.88 Å². The highest BCUT2D eigenvalue weighted by Gasteiger charge is 2.28. The number of hydrogen-bond donors (Lipinski definition) is 1. The molecule has 4 nitrogen and oxygen atoms in total. The molecule has 1 aromatic carbocycles. The number of carbonyl (C=O) groups is 2. The van der Waals surface area contributed by atoms with E-state index in [0.717, 1.165) is 10.9 Å². The fourth-order valence-corrected chi connectivity index (χ4v) is 2.50. The van der Waals surface area contributed by atoms with Gasteiger partial charge in [-0.2, -0.15) is 0 Å². The average molecular weight is 242 g/mol. The Hall–Kier alpha value is -2.10. The zero-order chi connectivity index (χ0) is 12.7. The second kappa shape index (κ2) is 3.98. The molecule has 4 heteroatoms. The van der Waals surface area contributed by atoms with Crippen LogP contribution in [0.3, 0.4) is 0 Å². The summed E-state index contributed by atoms with van der Waals surface area (Å²) in [5.41, 5.74) is 2.23. The Morgan fingerprint density at radius 1 is 1.28 bits per heavy atom. The Morgan fingerprint density at radius 2 is 2.11 bits per heavy atom. The first kappa shape index (κ1) is 11.0. The van der Waals surface area contributed by atoms with Gasteiger partial charge in [-0.05, 0) is 36.9 Å². The van der Waals surface area contributed by atoms with Gasteiger partial charge in [-0.15, -0.1) is 0 Å². The van der Waals surface area contributed by atoms with Crippen LogP contribution in [-0.2, 0) is 9.59 Å². The monoisotopic (exact) mass is 242 g/mol. The van der Waals surface area contributed by atoms with Crippen molar-refractivity contribution in [3.63, 3.8) is 0 Å². The van der Waals surface area contributed by atoms with Crippen molar-refractivity contribution in [3.05, 3.63) is 36.0 Å². The third-order valence-electron chi connectivity index (χ3n) is 3.42. The summed E-state index contributed by atoms with van der Waals surface area (Å²) in [5.74, 6) is -0.382. The van der Waals surface area contributed by atoms with Crippen LogP contribution >= 0.6 is 0 Å². The third-order valence-corrected chi connectivity index (χ3v) is 3.42. The van der Waals surface area contributed by atoms with Crippen LogP contribution in [0.5, 0.6) is 0 Å². The van der Waals surface area contributed by atoms with Crippen molar-refractivity contribution in [3.8, 4) is 0 Å². The van der Waals surface area contributed by atoms with E-state index in [1.807, 2.05) is 35.9 Å². The number of hydrogen-bond acceptors (Lipinski definition) is 2. The van der Waals surface area contributed by atoms with Gasteiger partial charge in [0.25, 0.3) is 0 Å². The van der Waals surface area contributed by atoms with Crippen LogP contribution in [0.1, 0.15) is 24.4 Å². The van der Waals surface area contributed by atoms with Crippen LogP contribution < -0.4 is 5.32 Å². The second-order valence-corrected chi connectivity index (χ2v) is 4.75. The topological polar surface area (TPSA) is 51.1 Å². The summed E-state index contributed by atoms with van der Waals surface area (Å²) in [6.45, 7) is 2.04. The predicted molar refractivity (Wildman–Crippen MR) is 68.1 cm³/mol. The normalized spacial score (nSPS) is 20.2. The molecule has 2 amide bonds. The van der Waals surface area contributed by atoms with Gasteiger partial charge in [0.1, 0.15) is 6.04 Å². The number of rotatable bonds is 1. The van der Waals surface area contributed by atoms with E-state index in [2.05, 4.69) is 11.4 Å². The van der Waals surface area contributed by atoms with Crippen LogP contribution in [0.4, 0.5) is 0 Å². The molecule has 1 unspecified atom stereocenters. The van der Waals surface area contributed by atoms with E-state index < -0.39 is 0 Å². The molecule has 1 fully saturated rings. The van der Waals surface area contributed by atoms with Gasteiger partial charge in [-0.1, -0.05) is 11.6 Å². The van der Waals surface area contributed by atoms with Crippen molar-refractivity contribution in [1.29, 1.82) is 0 Å². The fraction of sp³-hybridized carbons (Fsp3) is 0.286. The molecule has 1 N–H and O–H groups in total. The molecular weight excluding hydrogens is 228 g/mol. The molecule has 18 heavy (non-hydrogen) atoms. The molecule has 0 radical (unpaired) electrons. The number of carbonyl (C=O) groups excluding carboxylic acids is 2. The van der Waals surface area contributed by atoms with E-state index in [4.69, 9.17) is 0 Å². The van der Waals surface area contributed by atoms with Gasteiger partial charge in [0, 0.05) is 18.1 Å². The zero-order valence-corrected chi connectivity index (χ0v) is 10.1. The third kappa shape index (κ3) is 1.70. The number of nitrogens with one attached hydrogen (secondary N) is 1. The first-order chi connectivity index (χ1) is 8.65. The second-order valence-electron chi connectivity index (χ2n) is 4.75. The van der Waals surface area contributed by atoms with Gasteiger partial charge in [0.2, 0.25) is 11.8 Å². The average Bonchev–Trinajstić information content (AvgIpc) is 2.72. The Balaban J connectivity index is 2.04. The summed E-state index contributed by atoms with van der Waals surface area (Å²) >= 11 is 0. The largest absolute Gasteiger partial charge is 0.335 e. The summed E-state index contributed by atoms with van der Waals surface area (Å²) in [5, 5.41) is 3.52. The van der Waals surface area contributed by atoms with Crippen LogP contribution in [0, 0.1) is 6.92 Å². The molecule has 0 aliphatic carbocycles. The van der Waals surface area contributed by atoms with Crippen LogP contribution in [-0.4, -0.2) is 16.4 Å². The number of benzene rings is 1. The molecule has 2 aromatic rings. The highest BCUT2D eigenvalue weighted by atomic mass is 16.2. The summed E-state index contributed by atoms with van der Waals surface area (Å²) in [6, 6.07) is 7.88. The van der Waals surface area contributed by atoms with Crippen molar-refractivity contribution >= 4 is 22.7 Å². The van der Waals surface area contributed by atoms with Gasteiger partial charge in [-0.3, -0.25) is 14.9 Å². The van der Waals surface area contributed by atoms with Gasteiger partial charge < -0.3 is 4.57 Å². The SMILES string of the molecule is Cc1ccc2c(ccn2C2CCC(=O)NC2=O)c1. The molecule has 92 valence electrons. The minimum atomic E-state index is -0.275. The first-order valence-corrected chi connectivity index (χ1v) is 6.06. The van der Waals surface area contributed by atoms with Crippen LogP contribution in [0.25, 0.3) is 10.9 Å². The predicted octanol–water partition coefficient (Wildman–Crippen LogP) is 1.93. The van der Waals surface area contributed by atoms with E-state index in [9.17, 15) is 9.59 Å². The Kier molecular flexibility index (Phi) is 2.44. The van der Waals surface area contributed by atoms with Gasteiger partial charge in [-0.25, -0.2) is 0 Å². The highest BCUT2D eigenvalue weighted by Crippen LogP contribution is 2.25. The quantitative estimate of drug-likeness (QED) is 0.777. The van der Waals surface area contributed by atoms with E-state index in [0.29, 0.717) is 12.8 Å². The lowest BCUT2D eigenvalue weighted by atomic mass is 10.1. The number of aromatic nitrogens is 1. The molecule has 1 aromatic heterocycles. The fourth-order valence-electron chi connectivity index (χ4n) is 2.50. The summed E-state index contributed by atoms with van der Waals surface area (Å²) in [6.07, 6.45) is 2.90. The maximum Gasteiger partial charge on any atom is 0.249 e. The van der Waals surface area contributed by atoms with Crippen molar-refractivity contribution in [2.75, 3.05) is 0 Å². The van der Waals surface area contributed by atoms with Crippen molar-refractivity contribution < 1.29 is 9.59 Å². The first-order valence-electron chi connectivity index (χ1n) is 6.06. The summed E-state index contributed by atoms with van der Waals surface area (Å²) in [4.78, 5) is 23.0. The van der Waals surface area contributed by atoms with E-state index in [1.54, 1.807) is 0 Å². The lowest BCUT2D eigenvalue weighted by molar-refractivity contribution is -0.135.